The molecule has 19 heavy (non-hydrogen) atoms. The lowest BCUT2D eigenvalue weighted by Crippen LogP contribution is -2.46. The second kappa shape index (κ2) is 5.61. The van der Waals surface area contributed by atoms with Gasteiger partial charge in [-0.15, -0.1) is 11.3 Å². The van der Waals surface area contributed by atoms with Crippen molar-refractivity contribution in [2.75, 3.05) is 0 Å². The number of hydrogen-bond donors (Lipinski definition) is 3. The van der Waals surface area contributed by atoms with Gasteiger partial charge in [-0.05, 0) is 44.2 Å². The first-order valence-corrected chi connectivity index (χ1v) is 7.12. The number of carbonyl (C=O) groups is 2. The molecule has 1 heterocycles. The third-order valence-corrected chi connectivity index (χ3v) is 4.44. The summed E-state index contributed by atoms with van der Waals surface area (Å²) in [5.74, 6) is -0.866. The molecule has 2 rings (SSSR count). The summed E-state index contributed by atoms with van der Waals surface area (Å²) in [5.41, 5.74) is 1.21. The molecule has 3 N–H and O–H groups in total. The van der Waals surface area contributed by atoms with Crippen molar-refractivity contribution >= 4 is 23.3 Å². The van der Waals surface area contributed by atoms with Gasteiger partial charge in [0.15, 0.2) is 0 Å². The molecular formula is C13H18N2O3S. The van der Waals surface area contributed by atoms with Gasteiger partial charge >= 0.3 is 12.0 Å². The first kappa shape index (κ1) is 13.9. The summed E-state index contributed by atoms with van der Waals surface area (Å²) in [6, 6.07) is 0.866. The normalized spacial score (nSPS) is 15.9. The predicted octanol–water partition coefficient (Wildman–Crippen LogP) is 2.03. The number of aliphatic carboxylic acids is 1. The number of rotatable bonds is 5. The van der Waals surface area contributed by atoms with Gasteiger partial charge in [0.25, 0.3) is 0 Å². The van der Waals surface area contributed by atoms with Crippen molar-refractivity contribution in [2.24, 2.45) is 5.92 Å². The van der Waals surface area contributed by atoms with E-state index in [9.17, 15) is 9.59 Å². The van der Waals surface area contributed by atoms with Crippen LogP contribution in [-0.4, -0.2) is 23.1 Å². The van der Waals surface area contributed by atoms with Crippen molar-refractivity contribution in [1.82, 2.24) is 10.6 Å². The van der Waals surface area contributed by atoms with E-state index in [-0.39, 0.29) is 5.92 Å². The summed E-state index contributed by atoms with van der Waals surface area (Å²) in [6.45, 7) is 4.50. The van der Waals surface area contributed by atoms with Gasteiger partial charge in [-0.25, -0.2) is 9.59 Å². The molecule has 0 radical (unpaired) electrons. The molecule has 0 spiro atoms. The van der Waals surface area contributed by atoms with E-state index >= 15 is 0 Å². The van der Waals surface area contributed by atoms with Crippen LogP contribution >= 0.6 is 11.3 Å². The fourth-order valence-corrected chi connectivity index (χ4v) is 2.90. The van der Waals surface area contributed by atoms with E-state index in [1.807, 2.05) is 19.9 Å². The Morgan fingerprint density at radius 1 is 1.47 bits per heavy atom. The summed E-state index contributed by atoms with van der Waals surface area (Å²) in [6.07, 6.45) is 1.75. The van der Waals surface area contributed by atoms with E-state index in [1.165, 1.54) is 10.4 Å². The quantitative estimate of drug-likeness (QED) is 0.773. The van der Waals surface area contributed by atoms with Gasteiger partial charge < -0.3 is 15.7 Å². The highest BCUT2D eigenvalue weighted by Gasteiger charge is 2.37. The summed E-state index contributed by atoms with van der Waals surface area (Å²) in [7, 11) is 0. The second-order valence-corrected chi connectivity index (χ2v) is 6.27. The Kier molecular flexibility index (Phi) is 4.09. The predicted molar refractivity (Wildman–Crippen MR) is 73.3 cm³/mol. The van der Waals surface area contributed by atoms with E-state index in [0.717, 1.165) is 17.7 Å². The Bertz CT molecular complexity index is 475. The van der Waals surface area contributed by atoms with Crippen molar-refractivity contribution in [1.29, 1.82) is 0 Å². The number of hydrogen-bond acceptors (Lipinski definition) is 3. The molecular weight excluding hydrogens is 264 g/mol. The molecule has 1 aliphatic carbocycles. The van der Waals surface area contributed by atoms with E-state index in [0.29, 0.717) is 6.54 Å². The van der Waals surface area contributed by atoms with Gasteiger partial charge in [0, 0.05) is 9.75 Å². The average molecular weight is 282 g/mol. The third-order valence-electron chi connectivity index (χ3n) is 3.29. The minimum Gasteiger partial charge on any atom is -0.480 e. The van der Waals surface area contributed by atoms with Gasteiger partial charge in [0.1, 0.15) is 6.04 Å². The third kappa shape index (κ3) is 3.70. The number of carbonyl (C=O) groups excluding carboxylic acids is 1. The van der Waals surface area contributed by atoms with Crippen LogP contribution in [0.15, 0.2) is 6.07 Å². The smallest absolute Gasteiger partial charge is 0.326 e. The molecule has 5 nitrogen and oxygen atoms in total. The molecule has 1 aromatic rings. The van der Waals surface area contributed by atoms with Crippen molar-refractivity contribution < 1.29 is 14.7 Å². The number of urea groups is 1. The summed E-state index contributed by atoms with van der Waals surface area (Å²) < 4.78 is 0. The minimum absolute atomic E-state index is 0.0921. The number of aryl methyl sites for hydroxylation is 2. The Balaban J connectivity index is 1.82. The zero-order valence-electron chi connectivity index (χ0n) is 11.0. The SMILES string of the molecule is Cc1cc(CNC(=O)NC(C(=O)O)C2CC2)sc1C. The minimum atomic E-state index is -0.958. The van der Waals surface area contributed by atoms with Crippen molar-refractivity contribution in [2.45, 2.75) is 39.3 Å². The second-order valence-electron chi connectivity index (χ2n) is 4.93. The monoisotopic (exact) mass is 282 g/mol. The lowest BCUT2D eigenvalue weighted by molar-refractivity contribution is -0.139. The Labute approximate surface area is 116 Å². The van der Waals surface area contributed by atoms with Crippen LogP contribution in [0.1, 0.15) is 28.2 Å². The molecule has 0 saturated heterocycles. The molecule has 1 fully saturated rings. The maximum absolute atomic E-state index is 11.7. The van der Waals surface area contributed by atoms with Gasteiger partial charge in [0.2, 0.25) is 0 Å². The van der Waals surface area contributed by atoms with Crippen LogP contribution in [0.5, 0.6) is 0 Å². The Morgan fingerprint density at radius 3 is 2.63 bits per heavy atom. The van der Waals surface area contributed by atoms with Gasteiger partial charge in [-0.3, -0.25) is 0 Å². The lowest BCUT2D eigenvalue weighted by Gasteiger charge is -2.13. The highest BCUT2D eigenvalue weighted by molar-refractivity contribution is 7.12. The van der Waals surface area contributed by atoms with Crippen LogP contribution in [0.3, 0.4) is 0 Å². The fraction of sp³-hybridized carbons (Fsp3) is 0.538. The average Bonchev–Trinajstić information content (AvgIpc) is 3.11. The molecule has 1 atom stereocenters. The van der Waals surface area contributed by atoms with Crippen molar-refractivity contribution in [3.63, 3.8) is 0 Å². The van der Waals surface area contributed by atoms with Gasteiger partial charge in [0.05, 0.1) is 6.54 Å². The zero-order chi connectivity index (χ0) is 14.0. The van der Waals surface area contributed by atoms with Crippen LogP contribution in [0.25, 0.3) is 0 Å². The largest absolute Gasteiger partial charge is 0.480 e. The van der Waals surface area contributed by atoms with Gasteiger partial charge in [-0.2, -0.15) is 0 Å². The summed E-state index contributed by atoms with van der Waals surface area (Å²) in [5, 5.41) is 14.2. The highest BCUT2D eigenvalue weighted by Crippen LogP contribution is 2.32. The first-order chi connectivity index (χ1) is 8.97. The number of carboxylic acids is 1. The molecule has 104 valence electrons. The number of thiophene rings is 1. The van der Waals surface area contributed by atoms with E-state index in [1.54, 1.807) is 11.3 Å². The standard InChI is InChI=1S/C13H18N2O3S/c1-7-5-10(19-8(7)2)6-14-13(18)15-11(12(16)17)9-3-4-9/h5,9,11H,3-4,6H2,1-2H3,(H,16,17)(H2,14,15,18). The molecule has 1 aromatic heterocycles. The van der Waals surface area contributed by atoms with E-state index < -0.39 is 18.0 Å². The fourth-order valence-electron chi connectivity index (χ4n) is 1.91. The molecule has 1 unspecified atom stereocenters. The Hall–Kier alpha value is -1.56. The first-order valence-electron chi connectivity index (χ1n) is 6.30. The van der Waals surface area contributed by atoms with Crippen LogP contribution in [0, 0.1) is 19.8 Å². The Morgan fingerprint density at radius 2 is 2.16 bits per heavy atom. The lowest BCUT2D eigenvalue weighted by atomic mass is 10.2. The highest BCUT2D eigenvalue weighted by atomic mass is 32.1. The summed E-state index contributed by atoms with van der Waals surface area (Å²) >= 11 is 1.64. The topological polar surface area (TPSA) is 78.4 Å². The van der Waals surface area contributed by atoms with Crippen LogP contribution < -0.4 is 10.6 Å². The van der Waals surface area contributed by atoms with E-state index in [2.05, 4.69) is 10.6 Å². The van der Waals surface area contributed by atoms with Crippen molar-refractivity contribution in [3.05, 3.63) is 21.4 Å². The maximum atomic E-state index is 11.7. The zero-order valence-corrected chi connectivity index (χ0v) is 11.8. The molecule has 1 aliphatic rings. The van der Waals surface area contributed by atoms with Crippen LogP contribution in [0.4, 0.5) is 4.79 Å². The molecule has 2 amide bonds. The van der Waals surface area contributed by atoms with Crippen LogP contribution in [-0.2, 0) is 11.3 Å². The molecule has 0 aliphatic heterocycles. The van der Waals surface area contributed by atoms with Crippen molar-refractivity contribution in [3.8, 4) is 0 Å². The number of amides is 2. The maximum Gasteiger partial charge on any atom is 0.326 e. The van der Waals surface area contributed by atoms with Gasteiger partial charge in [-0.1, -0.05) is 0 Å². The number of nitrogens with one attached hydrogen (secondary N) is 2. The molecule has 0 bridgehead atoms. The van der Waals surface area contributed by atoms with Crippen LogP contribution in [0.2, 0.25) is 0 Å². The molecule has 1 saturated carbocycles. The molecule has 0 aromatic carbocycles. The summed E-state index contributed by atoms with van der Waals surface area (Å²) in [4.78, 5) is 25.0. The molecule has 6 heteroatoms. The number of carboxylic acid groups (broad SMARTS) is 1. The van der Waals surface area contributed by atoms with E-state index in [4.69, 9.17) is 5.11 Å².